The summed E-state index contributed by atoms with van der Waals surface area (Å²) < 4.78 is 10.2. The Morgan fingerprint density at radius 1 is 1.14 bits per heavy atom. The van der Waals surface area contributed by atoms with Crippen molar-refractivity contribution >= 4 is 11.9 Å². The van der Waals surface area contributed by atoms with Gasteiger partial charge in [-0.25, -0.2) is 0 Å². The summed E-state index contributed by atoms with van der Waals surface area (Å²) in [4.78, 5) is 24.8. The number of rotatable bonds is 7. The summed E-state index contributed by atoms with van der Waals surface area (Å²) in [6.45, 7) is 9.13. The summed E-state index contributed by atoms with van der Waals surface area (Å²) in [6, 6.07) is 9.27. The van der Waals surface area contributed by atoms with Gasteiger partial charge in [-0.2, -0.15) is 0 Å². The van der Waals surface area contributed by atoms with Crippen LogP contribution >= 0.6 is 0 Å². The molecule has 1 rings (SSSR count). The van der Waals surface area contributed by atoms with E-state index in [2.05, 4.69) is 6.58 Å². The van der Waals surface area contributed by atoms with Gasteiger partial charge in [-0.05, 0) is 26.3 Å². The van der Waals surface area contributed by atoms with Gasteiger partial charge in [-0.15, -0.1) is 6.58 Å². The van der Waals surface area contributed by atoms with E-state index >= 15 is 0 Å². The van der Waals surface area contributed by atoms with Crippen LogP contribution in [0.25, 0.3) is 0 Å². The zero-order valence-corrected chi connectivity index (χ0v) is 12.8. The second kappa shape index (κ2) is 7.62. The van der Waals surface area contributed by atoms with Crippen molar-refractivity contribution < 1.29 is 19.1 Å². The van der Waals surface area contributed by atoms with Crippen LogP contribution in [0.2, 0.25) is 0 Å². The second-order valence-corrected chi connectivity index (χ2v) is 4.77. The molecule has 0 radical (unpaired) electrons. The molecular formula is C17H22O4. The van der Waals surface area contributed by atoms with Gasteiger partial charge in [0, 0.05) is 5.92 Å². The Labute approximate surface area is 125 Å². The average Bonchev–Trinajstić information content (AvgIpc) is 2.49. The molecule has 0 fully saturated rings. The quantitative estimate of drug-likeness (QED) is 0.440. The fourth-order valence-electron chi connectivity index (χ4n) is 2.26. The molecule has 114 valence electrons. The van der Waals surface area contributed by atoms with Gasteiger partial charge in [0.05, 0.1) is 13.2 Å². The molecule has 0 saturated carbocycles. The molecule has 0 aliphatic heterocycles. The molecule has 0 aliphatic rings. The Balaban J connectivity index is 3.30. The van der Waals surface area contributed by atoms with Crippen molar-refractivity contribution in [2.45, 2.75) is 26.7 Å². The lowest BCUT2D eigenvalue weighted by Gasteiger charge is -2.31. The highest BCUT2D eigenvalue weighted by atomic mass is 16.6. The van der Waals surface area contributed by atoms with Crippen molar-refractivity contribution in [1.82, 2.24) is 0 Å². The fourth-order valence-corrected chi connectivity index (χ4v) is 2.26. The van der Waals surface area contributed by atoms with E-state index in [0.717, 1.165) is 5.56 Å². The topological polar surface area (TPSA) is 52.6 Å². The number of carbonyl (C=O) groups is 2. The van der Waals surface area contributed by atoms with Gasteiger partial charge in [0.2, 0.25) is 0 Å². The van der Waals surface area contributed by atoms with Crippen LogP contribution in [0, 0.1) is 5.41 Å². The van der Waals surface area contributed by atoms with E-state index < -0.39 is 23.3 Å². The molecule has 1 atom stereocenters. The molecule has 1 aromatic carbocycles. The van der Waals surface area contributed by atoms with Crippen LogP contribution in [0.4, 0.5) is 0 Å². The summed E-state index contributed by atoms with van der Waals surface area (Å²) >= 11 is 0. The van der Waals surface area contributed by atoms with Crippen LogP contribution in [0.1, 0.15) is 32.3 Å². The van der Waals surface area contributed by atoms with E-state index in [0.29, 0.717) is 0 Å². The predicted octanol–water partition coefficient (Wildman–Crippen LogP) is 3.09. The summed E-state index contributed by atoms with van der Waals surface area (Å²) in [5.74, 6) is -1.72. The van der Waals surface area contributed by atoms with Crippen LogP contribution in [0.5, 0.6) is 0 Å². The molecule has 0 heterocycles. The summed E-state index contributed by atoms with van der Waals surface area (Å²) in [6.07, 6.45) is 1.59. The maximum Gasteiger partial charge on any atom is 0.324 e. The van der Waals surface area contributed by atoms with E-state index in [1.807, 2.05) is 30.3 Å². The van der Waals surface area contributed by atoms with Crippen molar-refractivity contribution in [3.05, 3.63) is 48.6 Å². The first-order valence-electron chi connectivity index (χ1n) is 7.04. The molecule has 0 aliphatic carbocycles. The third-order valence-corrected chi connectivity index (χ3v) is 3.42. The first-order valence-corrected chi connectivity index (χ1v) is 7.04. The highest BCUT2D eigenvalue weighted by Crippen LogP contribution is 2.39. The van der Waals surface area contributed by atoms with Gasteiger partial charge < -0.3 is 9.47 Å². The lowest BCUT2D eigenvalue weighted by molar-refractivity contribution is -0.171. The third kappa shape index (κ3) is 3.51. The van der Waals surface area contributed by atoms with Crippen molar-refractivity contribution in [2.24, 2.45) is 5.41 Å². The second-order valence-electron chi connectivity index (χ2n) is 4.77. The van der Waals surface area contributed by atoms with Gasteiger partial charge in [-0.1, -0.05) is 36.4 Å². The molecule has 0 saturated heterocycles. The third-order valence-electron chi connectivity index (χ3n) is 3.42. The molecular weight excluding hydrogens is 268 g/mol. The van der Waals surface area contributed by atoms with Crippen molar-refractivity contribution in [2.75, 3.05) is 13.2 Å². The molecule has 1 unspecified atom stereocenters. The smallest absolute Gasteiger partial charge is 0.324 e. The van der Waals surface area contributed by atoms with E-state index in [1.54, 1.807) is 26.8 Å². The van der Waals surface area contributed by atoms with Crippen LogP contribution in [0.15, 0.2) is 43.0 Å². The fraction of sp³-hybridized carbons (Fsp3) is 0.412. The van der Waals surface area contributed by atoms with E-state index in [4.69, 9.17) is 9.47 Å². The van der Waals surface area contributed by atoms with Crippen molar-refractivity contribution in [3.8, 4) is 0 Å². The monoisotopic (exact) mass is 290 g/mol. The van der Waals surface area contributed by atoms with Gasteiger partial charge >= 0.3 is 11.9 Å². The molecule has 0 N–H and O–H groups in total. The first kappa shape index (κ1) is 17.0. The van der Waals surface area contributed by atoms with Gasteiger partial charge in [0.25, 0.3) is 0 Å². The Hall–Kier alpha value is -2.10. The zero-order valence-electron chi connectivity index (χ0n) is 12.8. The van der Waals surface area contributed by atoms with Crippen molar-refractivity contribution in [3.63, 3.8) is 0 Å². The maximum atomic E-state index is 12.4. The number of hydrogen-bond acceptors (Lipinski definition) is 4. The van der Waals surface area contributed by atoms with Crippen LogP contribution in [0.3, 0.4) is 0 Å². The van der Waals surface area contributed by atoms with Crippen LogP contribution < -0.4 is 0 Å². The summed E-state index contributed by atoms with van der Waals surface area (Å²) in [5, 5.41) is 0. The number of esters is 2. The average molecular weight is 290 g/mol. The van der Waals surface area contributed by atoms with Gasteiger partial charge in [0.15, 0.2) is 5.41 Å². The van der Waals surface area contributed by atoms with Crippen molar-refractivity contribution in [1.29, 1.82) is 0 Å². The van der Waals surface area contributed by atoms with Gasteiger partial charge in [-0.3, -0.25) is 9.59 Å². The Bertz CT molecular complexity index is 475. The Morgan fingerprint density at radius 2 is 1.62 bits per heavy atom. The van der Waals surface area contributed by atoms with E-state index in [-0.39, 0.29) is 13.2 Å². The normalized spacial score (nSPS) is 12.3. The van der Waals surface area contributed by atoms with Crippen LogP contribution in [-0.4, -0.2) is 25.2 Å². The highest BCUT2D eigenvalue weighted by molar-refractivity contribution is 6.01. The number of benzene rings is 1. The highest BCUT2D eigenvalue weighted by Gasteiger charge is 2.50. The minimum absolute atomic E-state index is 0.201. The molecule has 21 heavy (non-hydrogen) atoms. The molecule has 1 aromatic rings. The molecule has 4 heteroatoms. The van der Waals surface area contributed by atoms with E-state index in [1.165, 1.54) is 0 Å². The molecule has 0 bridgehead atoms. The maximum absolute atomic E-state index is 12.4. The summed E-state index contributed by atoms with van der Waals surface area (Å²) in [7, 11) is 0. The van der Waals surface area contributed by atoms with Gasteiger partial charge in [0.1, 0.15) is 0 Å². The molecule has 0 spiro atoms. The molecule has 0 aromatic heterocycles. The standard InChI is InChI=1S/C17H22O4/c1-5-14(13-11-9-8-10-12-13)17(4,15(18)20-6-2)16(19)21-7-3/h5,8-12,14H,1,6-7H2,2-4H3. The lowest BCUT2D eigenvalue weighted by atomic mass is 9.73. The largest absolute Gasteiger partial charge is 0.465 e. The summed E-state index contributed by atoms with van der Waals surface area (Å²) in [5.41, 5.74) is -0.633. The minimum atomic E-state index is -1.45. The Kier molecular flexibility index (Phi) is 6.15. The number of allylic oxidation sites excluding steroid dienone is 1. The van der Waals surface area contributed by atoms with Crippen LogP contribution in [-0.2, 0) is 19.1 Å². The lowest BCUT2D eigenvalue weighted by Crippen LogP contribution is -2.43. The first-order chi connectivity index (χ1) is 10.0. The zero-order chi connectivity index (χ0) is 15.9. The molecule has 0 amide bonds. The Morgan fingerprint density at radius 3 is 2.00 bits per heavy atom. The number of carbonyl (C=O) groups excluding carboxylic acids is 2. The number of hydrogen-bond donors (Lipinski definition) is 0. The van der Waals surface area contributed by atoms with E-state index in [9.17, 15) is 9.59 Å². The minimum Gasteiger partial charge on any atom is -0.465 e. The SMILES string of the molecule is C=CC(c1ccccc1)C(C)(C(=O)OCC)C(=O)OCC. The number of ether oxygens (including phenoxy) is 2. The molecule has 4 nitrogen and oxygen atoms in total. The predicted molar refractivity (Wildman–Crippen MR) is 80.8 cm³/mol.